The molecule has 0 spiro atoms. The van der Waals surface area contributed by atoms with Crippen molar-refractivity contribution in [1.82, 2.24) is 20.9 Å². The van der Waals surface area contributed by atoms with Crippen molar-refractivity contribution in [2.75, 3.05) is 26.2 Å². The third kappa shape index (κ3) is 7.11. The Morgan fingerprint density at radius 2 is 1.94 bits per heavy atom. The third-order valence-corrected chi connectivity index (χ3v) is 5.76. The van der Waals surface area contributed by atoms with E-state index in [4.69, 9.17) is 21.1 Å². The van der Waals surface area contributed by atoms with Gasteiger partial charge in [0.2, 0.25) is 0 Å². The molecule has 2 heterocycles. The number of likely N-dealkylation sites (tertiary alicyclic amines) is 1. The maximum absolute atomic E-state index is 12.9. The first-order valence-electron chi connectivity index (χ1n) is 11.5. The first-order chi connectivity index (χ1) is 16.1. The van der Waals surface area contributed by atoms with Crippen LogP contribution < -0.4 is 16.0 Å². The fraction of sp³-hybridized carbons (Fsp3) is 0.542. The van der Waals surface area contributed by atoms with Gasteiger partial charge in [0.05, 0.1) is 18.2 Å². The van der Waals surface area contributed by atoms with E-state index in [2.05, 4.69) is 20.9 Å². The van der Waals surface area contributed by atoms with E-state index in [0.29, 0.717) is 41.5 Å². The van der Waals surface area contributed by atoms with Crippen molar-refractivity contribution in [3.05, 3.63) is 46.1 Å². The van der Waals surface area contributed by atoms with Crippen molar-refractivity contribution in [3.8, 4) is 0 Å². The zero-order chi connectivity index (χ0) is 24.9. The predicted octanol–water partition coefficient (Wildman–Crippen LogP) is 3.50. The van der Waals surface area contributed by atoms with Gasteiger partial charge in [-0.05, 0) is 58.2 Å². The second-order valence-electron chi connectivity index (χ2n) is 9.40. The molecule has 3 N–H and O–H groups in total. The number of carbonyl (C=O) groups excluding carboxylic acids is 3. The van der Waals surface area contributed by atoms with Gasteiger partial charge in [0.1, 0.15) is 5.60 Å². The van der Waals surface area contributed by atoms with Crippen LogP contribution in [-0.2, 0) is 14.3 Å². The molecule has 186 valence electrons. The Morgan fingerprint density at radius 3 is 2.56 bits per heavy atom. The fourth-order valence-electron chi connectivity index (χ4n) is 4.06. The van der Waals surface area contributed by atoms with Gasteiger partial charge >= 0.3 is 18.1 Å². The number of carbonyl (C=O) groups is 3. The summed E-state index contributed by atoms with van der Waals surface area (Å²) in [5.41, 5.74) is 1.01. The lowest BCUT2D eigenvalue weighted by atomic mass is 9.94. The van der Waals surface area contributed by atoms with Gasteiger partial charge < -0.3 is 25.4 Å². The molecule has 1 aromatic rings. The Balaban J connectivity index is 1.74. The van der Waals surface area contributed by atoms with Gasteiger partial charge in [0.15, 0.2) is 0 Å². The predicted molar refractivity (Wildman–Crippen MR) is 128 cm³/mol. The fourth-order valence-corrected chi connectivity index (χ4v) is 4.26. The van der Waals surface area contributed by atoms with Crippen LogP contribution in [0.4, 0.5) is 9.59 Å². The van der Waals surface area contributed by atoms with Crippen LogP contribution in [0, 0.1) is 0 Å². The van der Waals surface area contributed by atoms with Crippen LogP contribution in [0.2, 0.25) is 5.02 Å². The number of benzene rings is 1. The van der Waals surface area contributed by atoms with Crippen molar-refractivity contribution in [1.29, 1.82) is 0 Å². The quantitative estimate of drug-likeness (QED) is 0.524. The Morgan fingerprint density at radius 1 is 1.24 bits per heavy atom. The summed E-state index contributed by atoms with van der Waals surface area (Å²) >= 11 is 6.16. The second kappa shape index (κ2) is 11.1. The van der Waals surface area contributed by atoms with Crippen molar-refractivity contribution >= 4 is 29.7 Å². The molecule has 0 saturated carbocycles. The normalized spacial score (nSPS) is 19.8. The van der Waals surface area contributed by atoms with Gasteiger partial charge in [0.25, 0.3) is 0 Å². The topological polar surface area (TPSA) is 109 Å². The van der Waals surface area contributed by atoms with Crippen LogP contribution in [0.3, 0.4) is 0 Å². The lowest BCUT2D eigenvalue weighted by Crippen LogP contribution is -2.50. The van der Waals surface area contributed by atoms with E-state index in [1.165, 1.54) is 0 Å². The number of hydrogen-bond donors (Lipinski definition) is 3. The second-order valence-corrected chi connectivity index (χ2v) is 9.83. The minimum absolute atomic E-state index is 0.00595. The summed E-state index contributed by atoms with van der Waals surface area (Å²) in [7, 11) is 0. The Labute approximate surface area is 205 Å². The number of halogens is 1. The summed E-state index contributed by atoms with van der Waals surface area (Å²) in [4.78, 5) is 39.6. The highest BCUT2D eigenvalue weighted by Gasteiger charge is 2.35. The molecule has 10 heteroatoms. The van der Waals surface area contributed by atoms with E-state index in [0.717, 1.165) is 12.8 Å². The van der Waals surface area contributed by atoms with Gasteiger partial charge in [-0.1, -0.05) is 23.7 Å². The van der Waals surface area contributed by atoms with Crippen LogP contribution in [0.5, 0.6) is 0 Å². The molecule has 0 aliphatic carbocycles. The zero-order valence-corrected chi connectivity index (χ0v) is 20.8. The van der Waals surface area contributed by atoms with Crippen LogP contribution in [0.25, 0.3) is 0 Å². The average Bonchev–Trinajstić information content (AvgIpc) is 2.73. The molecule has 2 aliphatic rings. The SMILES string of the molecule is CCOC(=O)C1=C(CN2CCC(NC(=O)OC(C)(C)C)CC2)NC(=O)N[C@@H]1c1cccc(Cl)c1. The monoisotopic (exact) mass is 492 g/mol. The first-order valence-corrected chi connectivity index (χ1v) is 11.9. The van der Waals surface area contributed by atoms with E-state index >= 15 is 0 Å². The number of nitrogens with one attached hydrogen (secondary N) is 3. The molecule has 0 bridgehead atoms. The minimum atomic E-state index is -0.673. The largest absolute Gasteiger partial charge is 0.463 e. The molecule has 3 amide bonds. The van der Waals surface area contributed by atoms with Crippen molar-refractivity contribution in [3.63, 3.8) is 0 Å². The maximum Gasteiger partial charge on any atom is 0.407 e. The highest BCUT2D eigenvalue weighted by Crippen LogP contribution is 2.30. The number of rotatable bonds is 6. The van der Waals surface area contributed by atoms with Crippen LogP contribution in [0.15, 0.2) is 35.5 Å². The molecule has 34 heavy (non-hydrogen) atoms. The molecule has 0 aromatic heterocycles. The van der Waals surface area contributed by atoms with E-state index in [1.807, 2.05) is 26.8 Å². The van der Waals surface area contributed by atoms with E-state index < -0.39 is 29.7 Å². The first kappa shape index (κ1) is 25.8. The lowest BCUT2D eigenvalue weighted by Gasteiger charge is -2.35. The standard InChI is InChI=1S/C24H33ClN4O5/c1-5-33-21(30)19-18(27-22(31)28-20(19)15-7-6-8-16(25)13-15)14-29-11-9-17(10-12-29)26-23(32)34-24(2,3)4/h6-8,13,17,20H,5,9-12,14H2,1-4H3,(H,26,32)(H2,27,28,31)/t20-/m1/s1. The summed E-state index contributed by atoms with van der Waals surface area (Å²) < 4.78 is 10.7. The molecule has 1 fully saturated rings. The zero-order valence-electron chi connectivity index (χ0n) is 20.1. The molecule has 0 radical (unpaired) electrons. The van der Waals surface area contributed by atoms with E-state index in [-0.39, 0.29) is 12.6 Å². The maximum atomic E-state index is 12.9. The smallest absolute Gasteiger partial charge is 0.407 e. The van der Waals surface area contributed by atoms with Crippen LogP contribution in [-0.4, -0.2) is 60.9 Å². The number of nitrogens with zero attached hydrogens (tertiary/aromatic N) is 1. The molecule has 2 aliphatic heterocycles. The Hall–Kier alpha value is -2.78. The van der Waals surface area contributed by atoms with Gasteiger partial charge in [-0.2, -0.15) is 0 Å². The highest BCUT2D eigenvalue weighted by molar-refractivity contribution is 6.30. The number of alkyl carbamates (subject to hydrolysis) is 1. The Bertz CT molecular complexity index is 951. The van der Waals surface area contributed by atoms with Crippen LogP contribution in [0.1, 0.15) is 52.1 Å². The number of piperidine rings is 1. The van der Waals surface area contributed by atoms with Crippen molar-refractivity contribution < 1.29 is 23.9 Å². The summed E-state index contributed by atoms with van der Waals surface area (Å²) in [5, 5.41) is 9.04. The minimum Gasteiger partial charge on any atom is -0.463 e. The number of ether oxygens (including phenoxy) is 2. The molecular weight excluding hydrogens is 460 g/mol. The van der Waals surface area contributed by atoms with Gasteiger partial charge in [-0.25, -0.2) is 14.4 Å². The van der Waals surface area contributed by atoms with Crippen molar-refractivity contribution in [2.24, 2.45) is 0 Å². The van der Waals surface area contributed by atoms with Gasteiger partial charge in [0, 0.05) is 36.4 Å². The molecular formula is C24H33ClN4O5. The third-order valence-electron chi connectivity index (χ3n) is 5.52. The van der Waals surface area contributed by atoms with Crippen LogP contribution >= 0.6 is 11.6 Å². The molecule has 3 rings (SSSR count). The molecule has 1 aromatic carbocycles. The van der Waals surface area contributed by atoms with E-state index in [9.17, 15) is 14.4 Å². The summed E-state index contributed by atoms with van der Waals surface area (Å²) in [6.45, 7) is 9.18. The van der Waals surface area contributed by atoms with E-state index in [1.54, 1.807) is 25.1 Å². The molecule has 1 atom stereocenters. The average molecular weight is 493 g/mol. The van der Waals surface area contributed by atoms with Crippen molar-refractivity contribution in [2.45, 2.75) is 58.2 Å². The Kier molecular flexibility index (Phi) is 8.43. The molecule has 1 saturated heterocycles. The number of esters is 1. The summed E-state index contributed by atoms with van der Waals surface area (Å²) in [5.74, 6) is -0.489. The lowest BCUT2D eigenvalue weighted by molar-refractivity contribution is -0.139. The number of hydrogen-bond acceptors (Lipinski definition) is 6. The number of urea groups is 1. The highest BCUT2D eigenvalue weighted by atomic mass is 35.5. The van der Waals surface area contributed by atoms with Gasteiger partial charge in [-0.15, -0.1) is 0 Å². The summed E-state index contributed by atoms with van der Waals surface area (Å²) in [6.07, 6.45) is 1.03. The van der Waals surface area contributed by atoms with Gasteiger partial charge in [-0.3, -0.25) is 4.90 Å². The molecule has 0 unspecified atom stereocenters. The molecule has 9 nitrogen and oxygen atoms in total. The summed E-state index contributed by atoms with van der Waals surface area (Å²) in [6, 6.07) is 5.98. The number of amides is 3.